The van der Waals surface area contributed by atoms with Crippen LogP contribution < -0.4 is 0 Å². The number of carbonyl (C=O) groups is 1. The van der Waals surface area contributed by atoms with Crippen LogP contribution in [0, 0.1) is 0 Å². The molecule has 0 saturated carbocycles. The van der Waals surface area contributed by atoms with Gasteiger partial charge >= 0.3 is 0 Å². The molecule has 0 N–H and O–H groups in total. The van der Waals surface area contributed by atoms with E-state index in [9.17, 15) is 4.79 Å². The van der Waals surface area contributed by atoms with Gasteiger partial charge in [-0.15, -0.1) is 11.8 Å². The second kappa shape index (κ2) is 5.87. The molecule has 0 unspecified atom stereocenters. The lowest BCUT2D eigenvalue weighted by Crippen LogP contribution is -2.19. The van der Waals surface area contributed by atoms with Crippen LogP contribution in [0.15, 0.2) is 60.7 Å². The summed E-state index contributed by atoms with van der Waals surface area (Å²) in [4.78, 5) is 11.4. The number of hydrogen-bond acceptors (Lipinski definition) is 2. The van der Waals surface area contributed by atoms with Crippen LogP contribution in [-0.4, -0.2) is 6.29 Å². The highest BCUT2D eigenvalue weighted by atomic mass is 32.2. The number of rotatable bonds is 5. The summed E-state index contributed by atoms with van der Waals surface area (Å²) in [6.45, 7) is 1.98. The summed E-state index contributed by atoms with van der Waals surface area (Å²) in [5.41, 5.74) is 2.30. The Morgan fingerprint density at radius 1 is 1.00 bits per heavy atom. The van der Waals surface area contributed by atoms with Crippen LogP contribution in [0.1, 0.15) is 18.1 Å². The molecule has 0 aromatic heterocycles. The molecule has 0 heterocycles. The summed E-state index contributed by atoms with van der Waals surface area (Å²) in [6.07, 6.45) is 1.04. The quantitative estimate of drug-likeness (QED) is 0.751. The average Bonchev–Trinajstić information content (AvgIpc) is 2.47. The fourth-order valence-electron chi connectivity index (χ4n) is 1.76. The second-order valence-corrected chi connectivity index (χ2v) is 5.79. The molecule has 1 atom stereocenters. The van der Waals surface area contributed by atoms with Gasteiger partial charge in [0.2, 0.25) is 0 Å². The van der Waals surface area contributed by atoms with E-state index in [1.165, 1.54) is 5.56 Å². The van der Waals surface area contributed by atoms with Crippen LogP contribution in [0.3, 0.4) is 0 Å². The number of thioether (sulfide) groups is 1. The molecule has 0 radical (unpaired) electrons. The third-order valence-corrected chi connectivity index (χ3v) is 4.36. The highest BCUT2D eigenvalue weighted by Crippen LogP contribution is 2.36. The van der Waals surface area contributed by atoms with Gasteiger partial charge in [-0.25, -0.2) is 0 Å². The molecule has 0 saturated heterocycles. The van der Waals surface area contributed by atoms with E-state index in [4.69, 9.17) is 0 Å². The first-order valence-electron chi connectivity index (χ1n) is 5.94. The van der Waals surface area contributed by atoms with E-state index in [0.29, 0.717) is 0 Å². The fraction of sp³-hybridized carbons (Fsp3) is 0.188. The van der Waals surface area contributed by atoms with Gasteiger partial charge in [-0.3, -0.25) is 0 Å². The molecule has 2 aromatic rings. The minimum absolute atomic E-state index is 0.475. The Bertz CT molecular complexity index is 495. The lowest BCUT2D eigenvalue weighted by molar-refractivity contribution is -0.109. The van der Waals surface area contributed by atoms with Crippen molar-refractivity contribution in [1.29, 1.82) is 0 Å². The first-order chi connectivity index (χ1) is 8.74. The van der Waals surface area contributed by atoms with Crippen LogP contribution in [0.5, 0.6) is 0 Å². The molecule has 2 heteroatoms. The molecule has 0 amide bonds. The van der Waals surface area contributed by atoms with E-state index in [1.807, 2.05) is 55.5 Å². The Hall–Kier alpha value is -1.54. The van der Waals surface area contributed by atoms with Crippen molar-refractivity contribution in [2.75, 3.05) is 0 Å². The zero-order valence-electron chi connectivity index (χ0n) is 10.4. The van der Waals surface area contributed by atoms with Crippen molar-refractivity contribution >= 4 is 18.0 Å². The monoisotopic (exact) mass is 256 g/mol. The van der Waals surface area contributed by atoms with E-state index in [0.717, 1.165) is 17.6 Å². The smallest absolute Gasteiger partial charge is 0.140 e. The van der Waals surface area contributed by atoms with E-state index in [1.54, 1.807) is 11.8 Å². The van der Waals surface area contributed by atoms with Gasteiger partial charge in [0.1, 0.15) is 6.29 Å². The van der Waals surface area contributed by atoms with Crippen molar-refractivity contribution in [2.45, 2.75) is 17.4 Å². The van der Waals surface area contributed by atoms with Gasteiger partial charge in [0.05, 0.1) is 4.75 Å². The van der Waals surface area contributed by atoms with Gasteiger partial charge in [0.25, 0.3) is 0 Å². The lowest BCUT2D eigenvalue weighted by atomic mass is 10.0. The SMILES string of the molecule is C[C@](C=O)(SCc1ccccc1)c1ccccc1. The Morgan fingerprint density at radius 2 is 1.56 bits per heavy atom. The van der Waals surface area contributed by atoms with Gasteiger partial charge in [0.15, 0.2) is 0 Å². The standard InChI is InChI=1S/C16H16OS/c1-16(13-17,15-10-6-3-7-11-15)18-12-14-8-4-2-5-9-14/h2-11,13H,12H2,1H3/t16-/m1/s1. The minimum Gasteiger partial charge on any atom is -0.301 e. The number of aldehydes is 1. The van der Waals surface area contributed by atoms with E-state index >= 15 is 0 Å². The second-order valence-electron chi connectivity index (χ2n) is 4.37. The summed E-state index contributed by atoms with van der Waals surface area (Å²) < 4.78 is -0.475. The molecular formula is C16H16OS. The molecule has 0 aliphatic rings. The molecule has 18 heavy (non-hydrogen) atoms. The Kier molecular flexibility index (Phi) is 4.21. The summed E-state index contributed by atoms with van der Waals surface area (Å²) in [5.74, 6) is 0.838. The van der Waals surface area contributed by atoms with Crippen molar-refractivity contribution in [3.8, 4) is 0 Å². The third-order valence-electron chi connectivity index (χ3n) is 2.95. The molecule has 1 nitrogen and oxygen atoms in total. The van der Waals surface area contributed by atoms with Crippen molar-refractivity contribution in [1.82, 2.24) is 0 Å². The predicted molar refractivity (Wildman–Crippen MR) is 77.6 cm³/mol. The summed E-state index contributed by atoms with van der Waals surface area (Å²) in [7, 11) is 0. The van der Waals surface area contributed by atoms with E-state index in [-0.39, 0.29) is 0 Å². The summed E-state index contributed by atoms with van der Waals surface area (Å²) in [6, 6.07) is 20.2. The molecular weight excluding hydrogens is 240 g/mol. The number of hydrogen-bond donors (Lipinski definition) is 0. The largest absolute Gasteiger partial charge is 0.301 e. The van der Waals surface area contributed by atoms with Crippen molar-refractivity contribution < 1.29 is 4.79 Å². The van der Waals surface area contributed by atoms with Gasteiger partial charge < -0.3 is 4.79 Å². The van der Waals surface area contributed by atoms with Crippen LogP contribution >= 0.6 is 11.8 Å². The first kappa shape index (κ1) is 12.9. The zero-order valence-corrected chi connectivity index (χ0v) is 11.2. The van der Waals surface area contributed by atoms with Gasteiger partial charge in [-0.2, -0.15) is 0 Å². The van der Waals surface area contributed by atoms with Crippen LogP contribution in [0.25, 0.3) is 0 Å². The lowest BCUT2D eigenvalue weighted by Gasteiger charge is -2.23. The maximum absolute atomic E-state index is 11.4. The molecule has 92 valence electrons. The van der Waals surface area contributed by atoms with Gasteiger partial charge in [0, 0.05) is 5.75 Å². The Morgan fingerprint density at radius 3 is 2.11 bits per heavy atom. The van der Waals surface area contributed by atoms with Crippen molar-refractivity contribution in [3.63, 3.8) is 0 Å². The first-order valence-corrected chi connectivity index (χ1v) is 6.93. The fourth-order valence-corrected chi connectivity index (χ4v) is 2.79. The van der Waals surface area contributed by atoms with Gasteiger partial charge in [-0.05, 0) is 18.1 Å². The Balaban J connectivity index is 2.12. The normalized spacial score (nSPS) is 13.8. The van der Waals surface area contributed by atoms with Crippen molar-refractivity contribution in [2.24, 2.45) is 0 Å². The van der Waals surface area contributed by atoms with Crippen LogP contribution in [0.4, 0.5) is 0 Å². The molecule has 0 aliphatic carbocycles. The molecule has 2 rings (SSSR count). The average molecular weight is 256 g/mol. The molecule has 0 fully saturated rings. The van der Waals surface area contributed by atoms with Crippen LogP contribution in [0.2, 0.25) is 0 Å². The highest BCUT2D eigenvalue weighted by Gasteiger charge is 2.26. The topological polar surface area (TPSA) is 17.1 Å². The van der Waals surface area contributed by atoms with Crippen molar-refractivity contribution in [3.05, 3.63) is 71.8 Å². The number of carbonyl (C=O) groups excluding carboxylic acids is 1. The minimum atomic E-state index is -0.475. The maximum atomic E-state index is 11.4. The molecule has 0 bridgehead atoms. The maximum Gasteiger partial charge on any atom is 0.140 e. The summed E-state index contributed by atoms with van der Waals surface area (Å²) >= 11 is 1.66. The van der Waals surface area contributed by atoms with E-state index < -0.39 is 4.75 Å². The highest BCUT2D eigenvalue weighted by molar-refractivity contribution is 8.00. The third kappa shape index (κ3) is 3.02. The predicted octanol–water partition coefficient (Wildman–Crippen LogP) is 4.03. The number of benzene rings is 2. The zero-order chi connectivity index (χ0) is 12.8. The Labute approximate surface area is 112 Å². The summed E-state index contributed by atoms with van der Waals surface area (Å²) in [5, 5.41) is 0. The van der Waals surface area contributed by atoms with Gasteiger partial charge in [-0.1, -0.05) is 60.7 Å². The van der Waals surface area contributed by atoms with E-state index in [2.05, 4.69) is 12.1 Å². The molecule has 0 spiro atoms. The molecule has 2 aromatic carbocycles. The molecule has 0 aliphatic heterocycles. The van der Waals surface area contributed by atoms with Crippen LogP contribution in [-0.2, 0) is 15.3 Å².